The number of hydrogen-bond acceptors (Lipinski definition) is 3. The normalized spacial score (nSPS) is 12.4. The molecule has 2 N–H and O–H groups in total. The SMILES string of the molecule is CCC(N)Cc1cnc(-c2ccccc2C)nc1. The van der Waals surface area contributed by atoms with Crippen molar-refractivity contribution >= 4 is 0 Å². The highest BCUT2D eigenvalue weighted by atomic mass is 14.9. The number of aromatic nitrogens is 2. The van der Waals surface area contributed by atoms with Gasteiger partial charge in [0.15, 0.2) is 5.82 Å². The van der Waals surface area contributed by atoms with E-state index in [4.69, 9.17) is 5.73 Å². The second-order valence-electron chi connectivity index (χ2n) is 4.60. The van der Waals surface area contributed by atoms with Crippen LogP contribution in [0.3, 0.4) is 0 Å². The van der Waals surface area contributed by atoms with Gasteiger partial charge >= 0.3 is 0 Å². The maximum atomic E-state index is 5.92. The topological polar surface area (TPSA) is 51.8 Å². The van der Waals surface area contributed by atoms with Gasteiger partial charge in [-0.3, -0.25) is 0 Å². The highest BCUT2D eigenvalue weighted by Gasteiger charge is 2.06. The molecule has 1 aromatic heterocycles. The van der Waals surface area contributed by atoms with E-state index in [0.29, 0.717) is 0 Å². The minimum Gasteiger partial charge on any atom is -0.327 e. The number of benzene rings is 1. The van der Waals surface area contributed by atoms with E-state index in [1.54, 1.807) is 0 Å². The monoisotopic (exact) mass is 241 g/mol. The van der Waals surface area contributed by atoms with E-state index in [9.17, 15) is 0 Å². The molecule has 0 saturated heterocycles. The van der Waals surface area contributed by atoms with Crippen LogP contribution in [0.15, 0.2) is 36.7 Å². The van der Waals surface area contributed by atoms with Crippen molar-refractivity contribution in [2.45, 2.75) is 32.7 Å². The van der Waals surface area contributed by atoms with Gasteiger partial charge < -0.3 is 5.73 Å². The Bertz CT molecular complexity index is 505. The van der Waals surface area contributed by atoms with Crippen molar-refractivity contribution in [1.29, 1.82) is 0 Å². The van der Waals surface area contributed by atoms with Crippen molar-refractivity contribution in [1.82, 2.24) is 9.97 Å². The second kappa shape index (κ2) is 5.74. The third-order valence-corrected chi connectivity index (χ3v) is 3.11. The molecule has 0 fully saturated rings. The second-order valence-corrected chi connectivity index (χ2v) is 4.60. The maximum absolute atomic E-state index is 5.92. The Morgan fingerprint density at radius 2 is 1.83 bits per heavy atom. The zero-order valence-corrected chi connectivity index (χ0v) is 10.9. The number of nitrogens with zero attached hydrogens (tertiary/aromatic N) is 2. The van der Waals surface area contributed by atoms with Crippen LogP contribution in [0.4, 0.5) is 0 Å². The summed E-state index contributed by atoms with van der Waals surface area (Å²) in [6, 6.07) is 8.33. The van der Waals surface area contributed by atoms with Gasteiger partial charge in [-0.05, 0) is 30.9 Å². The molecule has 0 aliphatic heterocycles. The molecule has 0 spiro atoms. The van der Waals surface area contributed by atoms with Crippen molar-refractivity contribution in [2.24, 2.45) is 5.73 Å². The summed E-state index contributed by atoms with van der Waals surface area (Å²) < 4.78 is 0. The van der Waals surface area contributed by atoms with E-state index in [-0.39, 0.29) is 6.04 Å². The van der Waals surface area contributed by atoms with Gasteiger partial charge in [0.05, 0.1) is 0 Å². The highest BCUT2D eigenvalue weighted by Crippen LogP contribution is 2.18. The van der Waals surface area contributed by atoms with Crippen LogP contribution in [-0.2, 0) is 6.42 Å². The van der Waals surface area contributed by atoms with Gasteiger partial charge in [0.25, 0.3) is 0 Å². The van der Waals surface area contributed by atoms with Crippen LogP contribution in [-0.4, -0.2) is 16.0 Å². The zero-order valence-electron chi connectivity index (χ0n) is 10.9. The average Bonchev–Trinajstić information content (AvgIpc) is 2.40. The van der Waals surface area contributed by atoms with Gasteiger partial charge in [-0.25, -0.2) is 9.97 Å². The van der Waals surface area contributed by atoms with Gasteiger partial charge in [0, 0.05) is 24.0 Å². The van der Waals surface area contributed by atoms with Crippen LogP contribution < -0.4 is 5.73 Å². The summed E-state index contributed by atoms with van der Waals surface area (Å²) >= 11 is 0. The molecule has 0 aliphatic carbocycles. The Morgan fingerprint density at radius 3 is 2.44 bits per heavy atom. The Balaban J connectivity index is 2.20. The van der Waals surface area contributed by atoms with E-state index in [2.05, 4.69) is 29.9 Å². The van der Waals surface area contributed by atoms with E-state index in [1.165, 1.54) is 5.56 Å². The fourth-order valence-electron chi connectivity index (χ4n) is 1.87. The molecule has 2 aromatic rings. The first-order valence-corrected chi connectivity index (χ1v) is 6.33. The lowest BCUT2D eigenvalue weighted by molar-refractivity contribution is 0.643. The van der Waals surface area contributed by atoms with Gasteiger partial charge in [0.2, 0.25) is 0 Å². The molecule has 0 saturated carbocycles. The fourth-order valence-corrected chi connectivity index (χ4v) is 1.87. The molecule has 94 valence electrons. The first-order chi connectivity index (χ1) is 8.70. The molecular weight excluding hydrogens is 222 g/mol. The van der Waals surface area contributed by atoms with Crippen molar-refractivity contribution < 1.29 is 0 Å². The number of aryl methyl sites for hydroxylation is 1. The Labute approximate surface area is 108 Å². The third kappa shape index (κ3) is 2.93. The maximum Gasteiger partial charge on any atom is 0.159 e. The molecule has 1 unspecified atom stereocenters. The molecule has 1 atom stereocenters. The summed E-state index contributed by atoms with van der Waals surface area (Å²) in [5.74, 6) is 0.780. The number of nitrogens with two attached hydrogens (primary N) is 1. The standard InChI is InChI=1S/C15H19N3/c1-3-13(16)8-12-9-17-15(18-10-12)14-7-5-4-6-11(14)2/h4-7,9-10,13H,3,8,16H2,1-2H3. The predicted octanol–water partition coefficient (Wildman–Crippen LogP) is 2.73. The molecule has 1 aromatic carbocycles. The molecule has 18 heavy (non-hydrogen) atoms. The quantitative estimate of drug-likeness (QED) is 0.895. The summed E-state index contributed by atoms with van der Waals surface area (Å²) in [6.07, 6.45) is 5.57. The van der Waals surface area contributed by atoms with Gasteiger partial charge in [-0.15, -0.1) is 0 Å². The van der Waals surface area contributed by atoms with Crippen LogP contribution in [0.5, 0.6) is 0 Å². The van der Waals surface area contributed by atoms with Crippen molar-refractivity contribution in [3.05, 3.63) is 47.8 Å². The smallest absolute Gasteiger partial charge is 0.159 e. The van der Waals surface area contributed by atoms with Crippen molar-refractivity contribution in [3.8, 4) is 11.4 Å². The van der Waals surface area contributed by atoms with E-state index >= 15 is 0 Å². The van der Waals surface area contributed by atoms with Crippen LogP contribution in [0.25, 0.3) is 11.4 Å². The fraction of sp³-hybridized carbons (Fsp3) is 0.333. The van der Waals surface area contributed by atoms with Crippen LogP contribution in [0.1, 0.15) is 24.5 Å². The molecule has 0 amide bonds. The van der Waals surface area contributed by atoms with E-state index in [1.807, 2.05) is 30.6 Å². The van der Waals surface area contributed by atoms with Crippen molar-refractivity contribution in [2.75, 3.05) is 0 Å². The van der Waals surface area contributed by atoms with Crippen LogP contribution in [0.2, 0.25) is 0 Å². The predicted molar refractivity (Wildman–Crippen MR) is 74.2 cm³/mol. The van der Waals surface area contributed by atoms with E-state index in [0.717, 1.165) is 29.8 Å². The summed E-state index contributed by atoms with van der Waals surface area (Å²) in [5, 5.41) is 0. The Morgan fingerprint density at radius 1 is 1.17 bits per heavy atom. The number of rotatable bonds is 4. The third-order valence-electron chi connectivity index (χ3n) is 3.11. The first kappa shape index (κ1) is 12.7. The molecule has 0 aliphatic rings. The lowest BCUT2D eigenvalue weighted by Crippen LogP contribution is -2.21. The Hall–Kier alpha value is -1.74. The molecule has 0 bridgehead atoms. The van der Waals surface area contributed by atoms with E-state index < -0.39 is 0 Å². The number of hydrogen-bond donors (Lipinski definition) is 1. The molecule has 0 radical (unpaired) electrons. The molecule has 3 heteroatoms. The summed E-state index contributed by atoms with van der Waals surface area (Å²) in [7, 11) is 0. The van der Waals surface area contributed by atoms with Crippen LogP contribution >= 0.6 is 0 Å². The lowest BCUT2D eigenvalue weighted by Gasteiger charge is -2.09. The summed E-state index contributed by atoms with van der Waals surface area (Å²) in [6.45, 7) is 4.16. The molecule has 3 nitrogen and oxygen atoms in total. The summed E-state index contributed by atoms with van der Waals surface area (Å²) in [4.78, 5) is 8.86. The Kier molecular flexibility index (Phi) is 4.05. The highest BCUT2D eigenvalue weighted by molar-refractivity contribution is 5.59. The summed E-state index contributed by atoms with van der Waals surface area (Å²) in [5.41, 5.74) is 9.30. The zero-order chi connectivity index (χ0) is 13.0. The van der Waals surface area contributed by atoms with Gasteiger partial charge in [-0.1, -0.05) is 31.2 Å². The average molecular weight is 241 g/mol. The molecule has 1 heterocycles. The largest absolute Gasteiger partial charge is 0.327 e. The minimum atomic E-state index is 0.193. The minimum absolute atomic E-state index is 0.193. The van der Waals surface area contributed by atoms with Crippen molar-refractivity contribution in [3.63, 3.8) is 0 Å². The van der Waals surface area contributed by atoms with Gasteiger partial charge in [0.1, 0.15) is 0 Å². The lowest BCUT2D eigenvalue weighted by atomic mass is 10.1. The first-order valence-electron chi connectivity index (χ1n) is 6.33. The molecular formula is C15H19N3. The molecule has 2 rings (SSSR count). The van der Waals surface area contributed by atoms with Crippen LogP contribution in [0, 0.1) is 6.92 Å². The van der Waals surface area contributed by atoms with Gasteiger partial charge in [-0.2, -0.15) is 0 Å².